The van der Waals surface area contributed by atoms with Crippen LogP contribution in [0.5, 0.6) is 0 Å². The monoisotopic (exact) mass is 398 g/mol. The zero-order chi connectivity index (χ0) is 19.4. The molecular formula is C24H30O3S. The maximum Gasteiger partial charge on any atom is 0.308 e. The highest BCUT2D eigenvalue weighted by atomic mass is 32.2. The molecule has 1 heterocycles. The lowest BCUT2D eigenvalue weighted by molar-refractivity contribution is -0.322. The molecule has 2 bridgehead atoms. The minimum absolute atomic E-state index is 0.0381. The first kappa shape index (κ1) is 18.7. The number of benzene rings is 1. The molecule has 1 aromatic rings. The molecule has 150 valence electrons. The summed E-state index contributed by atoms with van der Waals surface area (Å²) in [6.45, 7) is 4.98. The lowest BCUT2D eigenvalue weighted by atomic mass is 9.51. The Bertz CT molecular complexity index is 788. The normalized spacial score (nSPS) is 38.8. The van der Waals surface area contributed by atoms with Crippen molar-refractivity contribution in [3.63, 3.8) is 0 Å². The van der Waals surface area contributed by atoms with E-state index in [1.807, 2.05) is 11.8 Å². The zero-order valence-electron chi connectivity index (χ0n) is 16.9. The third-order valence-corrected chi connectivity index (χ3v) is 8.70. The van der Waals surface area contributed by atoms with E-state index in [0.29, 0.717) is 36.7 Å². The van der Waals surface area contributed by atoms with Gasteiger partial charge in [-0.1, -0.05) is 49.9 Å². The molecule has 0 aromatic heterocycles. The van der Waals surface area contributed by atoms with Crippen molar-refractivity contribution in [3.05, 3.63) is 41.3 Å². The SMILES string of the molecule is CC(C)CO[C@]12CC[C@@H]3CC[C@H]4C(Sc5ccccc5)=CC[C@H]1[C@]34CC(=O)O2. The van der Waals surface area contributed by atoms with Gasteiger partial charge in [0.15, 0.2) is 0 Å². The Morgan fingerprint density at radius 3 is 2.82 bits per heavy atom. The lowest BCUT2D eigenvalue weighted by Gasteiger charge is -2.61. The van der Waals surface area contributed by atoms with E-state index in [4.69, 9.17) is 9.47 Å². The van der Waals surface area contributed by atoms with Crippen LogP contribution >= 0.6 is 11.8 Å². The number of thioether (sulfide) groups is 1. The van der Waals surface area contributed by atoms with Crippen LogP contribution in [0.4, 0.5) is 0 Å². The molecule has 3 aliphatic carbocycles. The van der Waals surface area contributed by atoms with Gasteiger partial charge in [-0.05, 0) is 60.5 Å². The fourth-order valence-electron chi connectivity index (χ4n) is 6.51. The van der Waals surface area contributed by atoms with Crippen LogP contribution in [-0.2, 0) is 14.3 Å². The summed E-state index contributed by atoms with van der Waals surface area (Å²) in [5.74, 6) is 1.11. The van der Waals surface area contributed by atoms with E-state index in [1.54, 1.807) is 0 Å². The number of allylic oxidation sites excluding steroid dienone is 2. The Morgan fingerprint density at radius 2 is 2.04 bits per heavy atom. The van der Waals surface area contributed by atoms with E-state index < -0.39 is 5.79 Å². The minimum Gasteiger partial charge on any atom is -0.433 e. The van der Waals surface area contributed by atoms with Crippen LogP contribution in [0.15, 0.2) is 46.2 Å². The highest BCUT2D eigenvalue weighted by Crippen LogP contribution is 2.71. The molecule has 1 aromatic carbocycles. The first-order valence-electron chi connectivity index (χ1n) is 10.8. The van der Waals surface area contributed by atoms with Crippen LogP contribution in [0.25, 0.3) is 0 Å². The summed E-state index contributed by atoms with van der Waals surface area (Å²) < 4.78 is 12.5. The van der Waals surface area contributed by atoms with Gasteiger partial charge in [-0.25, -0.2) is 0 Å². The van der Waals surface area contributed by atoms with E-state index in [9.17, 15) is 4.79 Å². The van der Waals surface area contributed by atoms with Gasteiger partial charge in [0.1, 0.15) is 0 Å². The summed E-state index contributed by atoms with van der Waals surface area (Å²) in [5.41, 5.74) is 0.0381. The molecule has 5 atom stereocenters. The fraction of sp³-hybridized carbons (Fsp3) is 0.625. The van der Waals surface area contributed by atoms with Gasteiger partial charge < -0.3 is 9.47 Å². The molecule has 0 unspecified atom stereocenters. The van der Waals surface area contributed by atoms with E-state index in [0.717, 1.165) is 19.3 Å². The molecule has 3 fully saturated rings. The molecule has 0 amide bonds. The second-order valence-corrected chi connectivity index (χ2v) is 10.6. The number of ether oxygens (including phenoxy) is 2. The molecule has 1 aliphatic heterocycles. The third kappa shape index (κ3) is 2.79. The van der Waals surface area contributed by atoms with Crippen LogP contribution in [0, 0.1) is 29.1 Å². The summed E-state index contributed by atoms with van der Waals surface area (Å²) in [7, 11) is 0. The van der Waals surface area contributed by atoms with Crippen molar-refractivity contribution < 1.29 is 14.3 Å². The summed E-state index contributed by atoms with van der Waals surface area (Å²) in [6, 6.07) is 10.7. The van der Waals surface area contributed by atoms with Gasteiger partial charge in [-0.15, -0.1) is 0 Å². The van der Waals surface area contributed by atoms with E-state index in [-0.39, 0.29) is 11.4 Å². The average Bonchev–Trinajstić information content (AvgIpc) is 3.02. The maximum atomic E-state index is 12.8. The van der Waals surface area contributed by atoms with Crippen LogP contribution in [-0.4, -0.2) is 18.4 Å². The summed E-state index contributed by atoms with van der Waals surface area (Å²) in [5, 5.41) is 0. The Morgan fingerprint density at radius 1 is 1.21 bits per heavy atom. The molecule has 1 spiro atoms. The first-order chi connectivity index (χ1) is 13.5. The van der Waals surface area contributed by atoms with Crippen LogP contribution in [0.1, 0.15) is 52.4 Å². The van der Waals surface area contributed by atoms with Crippen molar-refractivity contribution in [3.8, 4) is 0 Å². The number of hydrogen-bond donors (Lipinski definition) is 0. The summed E-state index contributed by atoms with van der Waals surface area (Å²) in [6.07, 6.45) is 8.40. The van der Waals surface area contributed by atoms with Crippen LogP contribution < -0.4 is 0 Å². The Balaban J connectivity index is 1.52. The predicted molar refractivity (Wildman–Crippen MR) is 111 cm³/mol. The Kier molecular flexibility index (Phi) is 4.63. The molecule has 1 saturated heterocycles. The molecule has 0 N–H and O–H groups in total. The smallest absolute Gasteiger partial charge is 0.308 e. The Labute approximate surface area is 172 Å². The average molecular weight is 399 g/mol. The molecule has 3 nitrogen and oxygen atoms in total. The van der Waals surface area contributed by atoms with Crippen molar-refractivity contribution in [1.29, 1.82) is 0 Å². The highest BCUT2D eigenvalue weighted by molar-refractivity contribution is 8.03. The Hall–Kier alpha value is -1.26. The molecule has 4 heteroatoms. The highest BCUT2D eigenvalue weighted by Gasteiger charge is 2.70. The number of carbonyl (C=O) groups excluding carboxylic acids is 1. The van der Waals surface area contributed by atoms with Gasteiger partial charge >= 0.3 is 5.97 Å². The van der Waals surface area contributed by atoms with Gasteiger partial charge in [0, 0.05) is 22.6 Å². The van der Waals surface area contributed by atoms with Crippen LogP contribution in [0.2, 0.25) is 0 Å². The number of rotatable bonds is 5. The third-order valence-electron chi connectivity index (χ3n) is 7.51. The van der Waals surface area contributed by atoms with Gasteiger partial charge in [0.05, 0.1) is 13.0 Å². The van der Waals surface area contributed by atoms with E-state index in [1.165, 1.54) is 22.6 Å². The van der Waals surface area contributed by atoms with Gasteiger partial charge in [-0.2, -0.15) is 0 Å². The van der Waals surface area contributed by atoms with E-state index >= 15 is 0 Å². The zero-order valence-corrected chi connectivity index (χ0v) is 17.7. The molecule has 4 aliphatic rings. The number of carbonyl (C=O) groups is 1. The number of esters is 1. The van der Waals surface area contributed by atoms with Crippen molar-refractivity contribution in [1.82, 2.24) is 0 Å². The standard InChI is InChI=1S/C24H30O3S/c1-16(2)15-26-24-13-12-17-8-9-19-20(28-18-6-4-3-5-7-18)10-11-21(24)23(17,19)14-22(25)27-24/h3-7,10,16-17,19,21H,8-9,11-15H2,1-2H3/t17-,19-,21-,23+,24-/m0/s1. The summed E-state index contributed by atoms with van der Waals surface area (Å²) >= 11 is 1.91. The lowest BCUT2D eigenvalue weighted by Crippen LogP contribution is -2.64. The van der Waals surface area contributed by atoms with Gasteiger partial charge in [0.2, 0.25) is 5.79 Å². The fourth-order valence-corrected chi connectivity index (χ4v) is 7.74. The minimum atomic E-state index is -0.696. The van der Waals surface area contributed by atoms with Crippen molar-refractivity contribution in [2.75, 3.05) is 6.61 Å². The molecular weight excluding hydrogens is 368 g/mol. The van der Waals surface area contributed by atoms with Crippen molar-refractivity contribution in [2.45, 2.75) is 63.1 Å². The molecule has 5 rings (SSSR count). The second-order valence-electron chi connectivity index (χ2n) is 9.46. The topological polar surface area (TPSA) is 35.5 Å². The van der Waals surface area contributed by atoms with E-state index in [2.05, 4.69) is 50.3 Å². The maximum absolute atomic E-state index is 12.8. The predicted octanol–water partition coefficient (Wildman–Crippen LogP) is 5.80. The molecule has 28 heavy (non-hydrogen) atoms. The summed E-state index contributed by atoms with van der Waals surface area (Å²) in [4.78, 5) is 15.6. The molecule has 2 saturated carbocycles. The van der Waals surface area contributed by atoms with Crippen LogP contribution in [0.3, 0.4) is 0 Å². The molecule has 0 radical (unpaired) electrons. The quantitative estimate of drug-likeness (QED) is 0.587. The second kappa shape index (κ2) is 6.91. The number of hydrogen-bond acceptors (Lipinski definition) is 4. The van der Waals surface area contributed by atoms with Gasteiger partial charge in [0.25, 0.3) is 0 Å². The first-order valence-corrected chi connectivity index (χ1v) is 11.6. The van der Waals surface area contributed by atoms with Crippen molar-refractivity contribution >= 4 is 17.7 Å². The van der Waals surface area contributed by atoms with Gasteiger partial charge in [-0.3, -0.25) is 4.79 Å². The largest absolute Gasteiger partial charge is 0.433 e. The van der Waals surface area contributed by atoms with Crippen molar-refractivity contribution in [2.24, 2.45) is 29.1 Å².